The van der Waals surface area contributed by atoms with Gasteiger partial charge in [-0.05, 0) is 55.5 Å². The van der Waals surface area contributed by atoms with Gasteiger partial charge in [0.15, 0.2) is 0 Å². The van der Waals surface area contributed by atoms with Crippen LogP contribution in [0.1, 0.15) is 49.1 Å². The molecule has 1 saturated carbocycles. The molecule has 0 saturated heterocycles. The van der Waals surface area contributed by atoms with Crippen molar-refractivity contribution in [2.75, 3.05) is 11.9 Å². The zero-order valence-electron chi connectivity index (χ0n) is 13.2. The van der Waals surface area contributed by atoms with Crippen LogP contribution in [0.3, 0.4) is 0 Å². The molecule has 110 valence electrons. The predicted molar refractivity (Wildman–Crippen MR) is 91.5 cm³/mol. The van der Waals surface area contributed by atoms with Gasteiger partial charge in [-0.1, -0.05) is 49.1 Å². The third-order valence-electron chi connectivity index (χ3n) is 4.78. The molecule has 0 spiro atoms. The molecule has 1 nitrogen and oxygen atoms in total. The summed E-state index contributed by atoms with van der Waals surface area (Å²) in [6, 6.07) is 17.9. The fraction of sp³-hybridized carbons (Fsp3) is 0.400. The Balaban J connectivity index is 1.75. The molecule has 1 aliphatic rings. The lowest BCUT2D eigenvalue weighted by Gasteiger charge is -2.24. The van der Waals surface area contributed by atoms with Gasteiger partial charge >= 0.3 is 0 Å². The van der Waals surface area contributed by atoms with Crippen LogP contribution in [-0.2, 0) is 0 Å². The van der Waals surface area contributed by atoms with E-state index in [1.807, 2.05) is 0 Å². The molecule has 0 amide bonds. The Morgan fingerprint density at radius 3 is 1.86 bits per heavy atom. The summed E-state index contributed by atoms with van der Waals surface area (Å²) in [5.41, 5.74) is 5.33. The smallest absolute Gasteiger partial charge is 0.0408 e. The number of hydrogen-bond donors (Lipinski definition) is 0. The molecule has 0 unspecified atom stereocenters. The molecule has 1 fully saturated rings. The Kier molecular flexibility index (Phi) is 4.28. The van der Waals surface area contributed by atoms with Gasteiger partial charge in [0.1, 0.15) is 0 Å². The molecular weight excluding hydrogens is 254 g/mol. The molecule has 2 aromatic rings. The van der Waals surface area contributed by atoms with E-state index in [1.165, 1.54) is 54.6 Å². The Labute approximate surface area is 128 Å². The molecule has 0 radical (unpaired) electrons. The lowest BCUT2D eigenvalue weighted by atomic mass is 9.84. The molecule has 21 heavy (non-hydrogen) atoms. The largest absolute Gasteiger partial charge is 0.345 e. The zero-order chi connectivity index (χ0) is 14.7. The summed E-state index contributed by atoms with van der Waals surface area (Å²) in [5.74, 6) is 0.789. The summed E-state index contributed by atoms with van der Waals surface area (Å²) in [6.07, 6.45) is 6.95. The third kappa shape index (κ3) is 3.29. The minimum Gasteiger partial charge on any atom is -0.345 e. The van der Waals surface area contributed by atoms with E-state index in [0.29, 0.717) is 0 Å². The highest BCUT2D eigenvalue weighted by Gasteiger charge is 2.15. The number of hydrogen-bond acceptors (Lipinski definition) is 1. The highest BCUT2D eigenvalue weighted by Crippen LogP contribution is 2.34. The number of nitrogens with zero attached hydrogens (tertiary/aromatic N) is 1. The Hall–Kier alpha value is -1.76. The summed E-state index contributed by atoms with van der Waals surface area (Å²) < 4.78 is 0. The molecule has 0 N–H and O–H groups in total. The van der Waals surface area contributed by atoms with Gasteiger partial charge in [0.05, 0.1) is 0 Å². The number of rotatable bonds is 3. The van der Waals surface area contributed by atoms with Gasteiger partial charge < -0.3 is 4.90 Å². The van der Waals surface area contributed by atoms with E-state index >= 15 is 0 Å². The maximum Gasteiger partial charge on any atom is 0.0408 e. The molecule has 0 aliphatic heterocycles. The lowest BCUT2D eigenvalue weighted by molar-refractivity contribution is 0.443. The van der Waals surface area contributed by atoms with Gasteiger partial charge in [0.25, 0.3) is 0 Å². The summed E-state index contributed by atoms with van der Waals surface area (Å²) in [4.78, 5) is 2.25. The molecule has 2 aromatic carbocycles. The first-order chi connectivity index (χ1) is 10.2. The average molecular weight is 279 g/mol. The van der Waals surface area contributed by atoms with Crippen LogP contribution >= 0.6 is 0 Å². The predicted octanol–water partition coefficient (Wildman–Crippen LogP) is 5.81. The van der Waals surface area contributed by atoms with Crippen molar-refractivity contribution >= 4 is 11.4 Å². The highest BCUT2D eigenvalue weighted by molar-refractivity contribution is 5.62. The van der Waals surface area contributed by atoms with Crippen LogP contribution in [0.25, 0.3) is 0 Å². The second-order valence-electron chi connectivity index (χ2n) is 6.32. The maximum atomic E-state index is 2.33. The van der Waals surface area contributed by atoms with Gasteiger partial charge in [-0.2, -0.15) is 0 Å². The highest BCUT2D eigenvalue weighted by atomic mass is 15.1. The van der Waals surface area contributed by atoms with Gasteiger partial charge in [-0.25, -0.2) is 0 Å². The molecule has 0 atom stereocenters. The summed E-state index contributed by atoms with van der Waals surface area (Å²) in [6.45, 7) is 2.13. The normalized spacial score (nSPS) is 15.9. The van der Waals surface area contributed by atoms with Crippen molar-refractivity contribution in [3.05, 3.63) is 59.7 Å². The Bertz CT molecular complexity index is 562. The van der Waals surface area contributed by atoms with Crippen LogP contribution in [0.2, 0.25) is 0 Å². The van der Waals surface area contributed by atoms with E-state index in [2.05, 4.69) is 67.4 Å². The van der Waals surface area contributed by atoms with Crippen molar-refractivity contribution in [3.63, 3.8) is 0 Å². The SMILES string of the molecule is Cc1ccc(N(C)c2ccc(C3CCCCC3)cc2)cc1. The molecule has 0 heterocycles. The van der Waals surface area contributed by atoms with Gasteiger partial charge in [-0.15, -0.1) is 0 Å². The third-order valence-corrected chi connectivity index (χ3v) is 4.78. The van der Waals surface area contributed by atoms with E-state index in [0.717, 1.165) is 5.92 Å². The van der Waals surface area contributed by atoms with Gasteiger partial charge in [0.2, 0.25) is 0 Å². The van der Waals surface area contributed by atoms with Gasteiger partial charge in [-0.3, -0.25) is 0 Å². The average Bonchev–Trinajstić information content (AvgIpc) is 2.56. The minimum atomic E-state index is 0.789. The first-order valence-electron chi connectivity index (χ1n) is 8.14. The first kappa shape index (κ1) is 14.2. The van der Waals surface area contributed by atoms with Crippen LogP contribution in [0.15, 0.2) is 48.5 Å². The summed E-state index contributed by atoms with van der Waals surface area (Å²) >= 11 is 0. The van der Waals surface area contributed by atoms with E-state index in [9.17, 15) is 0 Å². The summed E-state index contributed by atoms with van der Waals surface area (Å²) in [7, 11) is 2.14. The second kappa shape index (κ2) is 6.34. The topological polar surface area (TPSA) is 3.24 Å². The summed E-state index contributed by atoms with van der Waals surface area (Å²) in [5, 5.41) is 0. The van der Waals surface area contributed by atoms with Crippen LogP contribution in [0, 0.1) is 6.92 Å². The second-order valence-corrected chi connectivity index (χ2v) is 6.32. The van der Waals surface area contributed by atoms with Crippen LogP contribution in [-0.4, -0.2) is 7.05 Å². The maximum absolute atomic E-state index is 2.33. The number of anilines is 2. The molecule has 3 rings (SSSR count). The van der Waals surface area contributed by atoms with Crippen LogP contribution in [0.4, 0.5) is 11.4 Å². The molecule has 0 bridgehead atoms. The Morgan fingerprint density at radius 1 is 0.762 bits per heavy atom. The molecule has 1 heteroatoms. The zero-order valence-corrected chi connectivity index (χ0v) is 13.2. The van der Waals surface area contributed by atoms with Crippen LogP contribution in [0.5, 0.6) is 0 Å². The van der Waals surface area contributed by atoms with E-state index in [1.54, 1.807) is 0 Å². The quantitative estimate of drug-likeness (QED) is 0.685. The fourth-order valence-electron chi connectivity index (χ4n) is 3.32. The van der Waals surface area contributed by atoms with Crippen LogP contribution < -0.4 is 4.90 Å². The standard InChI is InChI=1S/C20H25N/c1-16-8-12-19(13-9-16)21(2)20-14-10-18(11-15-20)17-6-4-3-5-7-17/h8-15,17H,3-7H2,1-2H3. The van der Waals surface area contributed by atoms with Crippen molar-refractivity contribution in [1.29, 1.82) is 0 Å². The monoisotopic (exact) mass is 279 g/mol. The van der Waals surface area contributed by atoms with E-state index in [-0.39, 0.29) is 0 Å². The minimum absolute atomic E-state index is 0.789. The molecular formula is C20H25N. The van der Waals surface area contributed by atoms with Crippen molar-refractivity contribution in [1.82, 2.24) is 0 Å². The van der Waals surface area contributed by atoms with Gasteiger partial charge in [0, 0.05) is 18.4 Å². The lowest BCUT2D eigenvalue weighted by Crippen LogP contribution is -2.10. The fourth-order valence-corrected chi connectivity index (χ4v) is 3.32. The van der Waals surface area contributed by atoms with Crippen molar-refractivity contribution in [3.8, 4) is 0 Å². The number of aryl methyl sites for hydroxylation is 1. The Morgan fingerprint density at radius 2 is 1.29 bits per heavy atom. The number of benzene rings is 2. The molecule has 1 aliphatic carbocycles. The van der Waals surface area contributed by atoms with Crippen molar-refractivity contribution < 1.29 is 0 Å². The van der Waals surface area contributed by atoms with E-state index < -0.39 is 0 Å². The van der Waals surface area contributed by atoms with E-state index in [4.69, 9.17) is 0 Å². The van der Waals surface area contributed by atoms with Crippen molar-refractivity contribution in [2.45, 2.75) is 44.9 Å². The first-order valence-corrected chi connectivity index (χ1v) is 8.14. The van der Waals surface area contributed by atoms with Crippen molar-refractivity contribution in [2.24, 2.45) is 0 Å². The molecule has 0 aromatic heterocycles.